The number of anilines is 1. The van der Waals surface area contributed by atoms with Crippen molar-refractivity contribution in [3.05, 3.63) is 32.5 Å². The Kier molecular flexibility index (Phi) is 3.87. The van der Waals surface area contributed by atoms with Gasteiger partial charge in [0.15, 0.2) is 5.13 Å². The summed E-state index contributed by atoms with van der Waals surface area (Å²) in [6.45, 7) is 2.06. The molecule has 0 bridgehead atoms. The van der Waals surface area contributed by atoms with Crippen LogP contribution in [0.15, 0.2) is 11.4 Å². The standard InChI is InChI=1S/C14H17N3OS2/c1-2-8-5-6-19-12(8)13(18)17-14-16-10-4-3-9(15)7-11(10)20-14/h5-6,9H,2-4,7,15H2,1H3,(H,16,17,18)/t9-/m0/s1. The van der Waals surface area contributed by atoms with E-state index in [2.05, 4.69) is 17.2 Å². The van der Waals surface area contributed by atoms with Gasteiger partial charge in [-0.05, 0) is 42.7 Å². The van der Waals surface area contributed by atoms with Crippen molar-refractivity contribution in [1.82, 2.24) is 4.98 Å². The van der Waals surface area contributed by atoms with Gasteiger partial charge in [0.1, 0.15) is 0 Å². The van der Waals surface area contributed by atoms with E-state index in [-0.39, 0.29) is 11.9 Å². The lowest BCUT2D eigenvalue weighted by Gasteiger charge is -2.15. The number of hydrogen-bond donors (Lipinski definition) is 2. The van der Waals surface area contributed by atoms with Crippen LogP contribution in [0.1, 0.15) is 39.2 Å². The lowest BCUT2D eigenvalue weighted by atomic mass is 9.99. The maximum Gasteiger partial charge on any atom is 0.267 e. The summed E-state index contributed by atoms with van der Waals surface area (Å²) in [5, 5.41) is 5.59. The van der Waals surface area contributed by atoms with Gasteiger partial charge >= 0.3 is 0 Å². The second-order valence-corrected chi connectivity index (χ2v) is 6.97. The van der Waals surface area contributed by atoms with Gasteiger partial charge in [0, 0.05) is 10.9 Å². The van der Waals surface area contributed by atoms with Crippen molar-refractivity contribution < 1.29 is 4.79 Å². The van der Waals surface area contributed by atoms with E-state index in [1.807, 2.05) is 11.4 Å². The molecule has 106 valence electrons. The highest BCUT2D eigenvalue weighted by atomic mass is 32.1. The van der Waals surface area contributed by atoms with Gasteiger partial charge in [-0.25, -0.2) is 4.98 Å². The van der Waals surface area contributed by atoms with Crippen LogP contribution in [0.2, 0.25) is 0 Å². The summed E-state index contributed by atoms with van der Waals surface area (Å²) in [7, 11) is 0. The molecular formula is C14H17N3OS2. The summed E-state index contributed by atoms with van der Waals surface area (Å²) in [4.78, 5) is 18.8. The van der Waals surface area contributed by atoms with Gasteiger partial charge in [0.05, 0.1) is 10.6 Å². The van der Waals surface area contributed by atoms with E-state index < -0.39 is 0 Å². The summed E-state index contributed by atoms with van der Waals surface area (Å²) in [5.41, 5.74) is 8.17. The van der Waals surface area contributed by atoms with Crippen LogP contribution in [0.4, 0.5) is 5.13 Å². The number of nitrogens with one attached hydrogen (secondary N) is 1. The van der Waals surface area contributed by atoms with Gasteiger partial charge in [-0.1, -0.05) is 6.92 Å². The average Bonchev–Trinajstić information content (AvgIpc) is 3.03. The summed E-state index contributed by atoms with van der Waals surface area (Å²) in [5.74, 6) is -0.0488. The van der Waals surface area contributed by atoms with Crippen LogP contribution in [0.25, 0.3) is 0 Å². The minimum absolute atomic E-state index is 0.0488. The number of nitrogens with two attached hydrogens (primary N) is 1. The lowest BCUT2D eigenvalue weighted by Crippen LogP contribution is -2.27. The number of thiophene rings is 1. The summed E-state index contributed by atoms with van der Waals surface area (Å²) < 4.78 is 0. The Labute approximate surface area is 126 Å². The molecule has 2 heterocycles. The zero-order chi connectivity index (χ0) is 14.1. The van der Waals surface area contributed by atoms with Gasteiger partial charge in [-0.3, -0.25) is 10.1 Å². The Hall–Kier alpha value is -1.24. The number of rotatable bonds is 3. The number of thiazole rings is 1. The number of aromatic nitrogens is 1. The third kappa shape index (κ3) is 2.63. The van der Waals surface area contributed by atoms with Crippen molar-refractivity contribution in [3.63, 3.8) is 0 Å². The fraction of sp³-hybridized carbons (Fsp3) is 0.429. The number of hydrogen-bond acceptors (Lipinski definition) is 5. The number of aryl methyl sites for hydroxylation is 2. The fourth-order valence-electron chi connectivity index (χ4n) is 2.42. The number of nitrogens with zero attached hydrogens (tertiary/aromatic N) is 1. The first-order valence-corrected chi connectivity index (χ1v) is 8.49. The van der Waals surface area contributed by atoms with Gasteiger partial charge in [0.2, 0.25) is 0 Å². The first-order chi connectivity index (χ1) is 9.67. The molecule has 20 heavy (non-hydrogen) atoms. The van der Waals surface area contributed by atoms with Gasteiger partial charge in [-0.2, -0.15) is 0 Å². The molecule has 2 aromatic rings. The minimum atomic E-state index is -0.0488. The van der Waals surface area contributed by atoms with E-state index in [4.69, 9.17) is 5.73 Å². The molecule has 0 aliphatic heterocycles. The highest BCUT2D eigenvalue weighted by Gasteiger charge is 2.21. The van der Waals surface area contributed by atoms with Crippen molar-refractivity contribution in [2.24, 2.45) is 5.73 Å². The Morgan fingerprint density at radius 2 is 2.45 bits per heavy atom. The predicted molar refractivity (Wildman–Crippen MR) is 83.8 cm³/mol. The predicted octanol–water partition coefficient (Wildman–Crippen LogP) is 2.84. The molecule has 0 radical (unpaired) electrons. The van der Waals surface area contributed by atoms with E-state index in [1.54, 1.807) is 11.3 Å². The maximum atomic E-state index is 12.3. The molecule has 0 aromatic carbocycles. The molecule has 3 N–H and O–H groups in total. The largest absolute Gasteiger partial charge is 0.327 e. The Morgan fingerprint density at radius 1 is 1.60 bits per heavy atom. The van der Waals surface area contributed by atoms with E-state index in [0.717, 1.165) is 41.8 Å². The molecule has 0 saturated heterocycles. The van der Waals surface area contributed by atoms with Crippen molar-refractivity contribution in [2.45, 2.75) is 38.6 Å². The molecule has 4 nitrogen and oxygen atoms in total. The minimum Gasteiger partial charge on any atom is -0.327 e. The molecule has 0 saturated carbocycles. The monoisotopic (exact) mass is 307 g/mol. The number of carbonyl (C=O) groups excluding carboxylic acids is 1. The van der Waals surface area contributed by atoms with E-state index >= 15 is 0 Å². The van der Waals surface area contributed by atoms with Gasteiger partial charge in [-0.15, -0.1) is 22.7 Å². The van der Waals surface area contributed by atoms with E-state index in [9.17, 15) is 4.79 Å². The smallest absolute Gasteiger partial charge is 0.267 e. The van der Waals surface area contributed by atoms with Crippen LogP contribution in [-0.2, 0) is 19.3 Å². The third-order valence-corrected chi connectivity index (χ3v) is 5.52. The van der Waals surface area contributed by atoms with Crippen molar-refractivity contribution in [3.8, 4) is 0 Å². The number of amides is 1. The molecule has 6 heteroatoms. The molecule has 1 amide bonds. The van der Waals surface area contributed by atoms with Crippen LogP contribution >= 0.6 is 22.7 Å². The van der Waals surface area contributed by atoms with E-state index in [1.165, 1.54) is 16.2 Å². The molecular weight excluding hydrogens is 290 g/mol. The van der Waals surface area contributed by atoms with Crippen LogP contribution in [-0.4, -0.2) is 16.9 Å². The van der Waals surface area contributed by atoms with Crippen LogP contribution in [0.3, 0.4) is 0 Å². The van der Waals surface area contributed by atoms with Crippen LogP contribution in [0.5, 0.6) is 0 Å². The summed E-state index contributed by atoms with van der Waals surface area (Å²) in [6, 6.07) is 2.24. The number of carbonyl (C=O) groups is 1. The van der Waals surface area contributed by atoms with Crippen LogP contribution < -0.4 is 11.1 Å². The molecule has 3 rings (SSSR count). The Bertz CT molecular complexity index is 632. The second kappa shape index (κ2) is 5.63. The lowest BCUT2D eigenvalue weighted by molar-refractivity contribution is 0.103. The third-order valence-electron chi connectivity index (χ3n) is 3.53. The first kappa shape index (κ1) is 13.7. The maximum absolute atomic E-state index is 12.3. The molecule has 0 spiro atoms. The zero-order valence-electron chi connectivity index (χ0n) is 11.3. The number of fused-ring (bicyclic) bond motifs is 1. The average molecular weight is 307 g/mol. The van der Waals surface area contributed by atoms with Gasteiger partial charge < -0.3 is 5.73 Å². The summed E-state index contributed by atoms with van der Waals surface area (Å²) in [6.07, 6.45) is 3.65. The summed E-state index contributed by atoms with van der Waals surface area (Å²) >= 11 is 3.04. The topological polar surface area (TPSA) is 68.0 Å². The SMILES string of the molecule is CCc1ccsc1C(=O)Nc1nc2c(s1)C[C@@H](N)CC2. The zero-order valence-corrected chi connectivity index (χ0v) is 12.9. The molecule has 1 aliphatic carbocycles. The van der Waals surface area contributed by atoms with Gasteiger partial charge in [0.25, 0.3) is 5.91 Å². The fourth-order valence-corrected chi connectivity index (χ4v) is 4.41. The van der Waals surface area contributed by atoms with Crippen molar-refractivity contribution in [2.75, 3.05) is 5.32 Å². The Balaban J connectivity index is 1.77. The molecule has 1 atom stereocenters. The quantitative estimate of drug-likeness (QED) is 0.916. The molecule has 0 unspecified atom stereocenters. The normalized spacial score (nSPS) is 17.8. The van der Waals surface area contributed by atoms with Crippen LogP contribution in [0, 0.1) is 0 Å². The molecule has 1 aliphatic rings. The second-order valence-electron chi connectivity index (χ2n) is 4.97. The highest BCUT2D eigenvalue weighted by molar-refractivity contribution is 7.16. The molecule has 2 aromatic heterocycles. The Morgan fingerprint density at radius 3 is 3.25 bits per heavy atom. The van der Waals surface area contributed by atoms with Crippen molar-refractivity contribution >= 4 is 33.7 Å². The molecule has 0 fully saturated rings. The van der Waals surface area contributed by atoms with E-state index in [0.29, 0.717) is 5.13 Å². The highest BCUT2D eigenvalue weighted by Crippen LogP contribution is 2.30. The van der Waals surface area contributed by atoms with Crippen molar-refractivity contribution in [1.29, 1.82) is 0 Å². The first-order valence-electron chi connectivity index (χ1n) is 6.79.